The SMILES string of the molecule is O=C(c1ccccc1Cc1ccccc1)C(F)F. The van der Waals surface area contributed by atoms with Gasteiger partial charge < -0.3 is 0 Å². The molecule has 3 heteroatoms. The van der Waals surface area contributed by atoms with Gasteiger partial charge in [0.05, 0.1) is 0 Å². The van der Waals surface area contributed by atoms with Crippen molar-refractivity contribution < 1.29 is 13.6 Å². The molecule has 0 aliphatic carbocycles. The second-order valence-corrected chi connectivity index (χ2v) is 3.98. The predicted molar refractivity (Wildman–Crippen MR) is 66.0 cm³/mol. The molecule has 0 radical (unpaired) electrons. The number of benzene rings is 2. The average Bonchev–Trinajstić information content (AvgIpc) is 2.39. The number of carbonyl (C=O) groups is 1. The Kier molecular flexibility index (Phi) is 3.82. The zero-order chi connectivity index (χ0) is 13.0. The topological polar surface area (TPSA) is 17.1 Å². The van der Waals surface area contributed by atoms with Crippen LogP contribution in [0.15, 0.2) is 54.6 Å². The van der Waals surface area contributed by atoms with Crippen LogP contribution in [0.1, 0.15) is 21.5 Å². The largest absolute Gasteiger partial charge is 0.300 e. The summed E-state index contributed by atoms with van der Waals surface area (Å²) in [6.45, 7) is 0. The Balaban J connectivity index is 2.31. The van der Waals surface area contributed by atoms with Crippen LogP contribution in [-0.4, -0.2) is 12.2 Å². The molecule has 0 saturated carbocycles. The fourth-order valence-corrected chi connectivity index (χ4v) is 1.85. The zero-order valence-electron chi connectivity index (χ0n) is 9.64. The van der Waals surface area contributed by atoms with Crippen LogP contribution in [0.3, 0.4) is 0 Å². The molecule has 0 atom stereocenters. The average molecular weight is 246 g/mol. The maximum Gasteiger partial charge on any atom is 0.300 e. The lowest BCUT2D eigenvalue weighted by molar-refractivity contribution is 0.0678. The molecular formula is C15H12F2O. The molecule has 92 valence electrons. The minimum Gasteiger partial charge on any atom is -0.288 e. The monoisotopic (exact) mass is 246 g/mol. The molecule has 0 aliphatic rings. The maximum atomic E-state index is 12.5. The second kappa shape index (κ2) is 5.54. The summed E-state index contributed by atoms with van der Waals surface area (Å²) in [5.41, 5.74) is 1.73. The van der Waals surface area contributed by atoms with E-state index in [-0.39, 0.29) is 5.56 Å². The molecule has 18 heavy (non-hydrogen) atoms. The highest BCUT2D eigenvalue weighted by atomic mass is 19.3. The molecule has 0 aromatic heterocycles. The minimum absolute atomic E-state index is 0.108. The van der Waals surface area contributed by atoms with Crippen molar-refractivity contribution in [2.45, 2.75) is 12.8 Å². The third kappa shape index (κ3) is 2.80. The molecule has 0 heterocycles. The van der Waals surface area contributed by atoms with Crippen molar-refractivity contribution in [2.75, 3.05) is 0 Å². The van der Waals surface area contributed by atoms with Crippen molar-refractivity contribution in [3.05, 3.63) is 71.3 Å². The van der Waals surface area contributed by atoms with Crippen LogP contribution >= 0.6 is 0 Å². The lowest BCUT2D eigenvalue weighted by atomic mass is 9.97. The van der Waals surface area contributed by atoms with E-state index >= 15 is 0 Å². The molecule has 0 saturated heterocycles. The van der Waals surface area contributed by atoms with Gasteiger partial charge in [0, 0.05) is 5.56 Å². The standard InChI is InChI=1S/C15H12F2O/c16-15(17)14(18)13-9-5-4-8-12(13)10-11-6-2-1-3-7-11/h1-9,15H,10H2. The Morgan fingerprint density at radius 1 is 0.944 bits per heavy atom. The van der Waals surface area contributed by atoms with Crippen LogP contribution in [-0.2, 0) is 6.42 Å². The number of Topliss-reactive ketones (excluding diaryl/α,β-unsaturated/α-hetero) is 1. The summed E-state index contributed by atoms with van der Waals surface area (Å²) in [5, 5.41) is 0. The normalized spacial score (nSPS) is 10.6. The summed E-state index contributed by atoms with van der Waals surface area (Å²) < 4.78 is 25.0. The summed E-state index contributed by atoms with van der Waals surface area (Å²) >= 11 is 0. The van der Waals surface area contributed by atoms with Gasteiger partial charge in [-0.3, -0.25) is 4.79 Å². The first kappa shape index (κ1) is 12.4. The van der Waals surface area contributed by atoms with E-state index in [4.69, 9.17) is 0 Å². The highest BCUT2D eigenvalue weighted by Crippen LogP contribution is 2.17. The number of ketones is 1. The van der Waals surface area contributed by atoms with Gasteiger partial charge in [0.2, 0.25) is 5.78 Å². The van der Waals surface area contributed by atoms with Crippen molar-refractivity contribution in [1.29, 1.82) is 0 Å². The third-order valence-electron chi connectivity index (χ3n) is 2.72. The van der Waals surface area contributed by atoms with Crippen molar-refractivity contribution in [3.8, 4) is 0 Å². The molecule has 2 aromatic rings. The van der Waals surface area contributed by atoms with E-state index in [1.165, 1.54) is 6.07 Å². The summed E-state index contributed by atoms with van der Waals surface area (Å²) in [7, 11) is 0. The Bertz CT molecular complexity index is 535. The molecule has 0 fully saturated rings. The Morgan fingerprint density at radius 3 is 2.22 bits per heavy atom. The van der Waals surface area contributed by atoms with Gasteiger partial charge in [-0.15, -0.1) is 0 Å². The first-order valence-electron chi connectivity index (χ1n) is 5.62. The quantitative estimate of drug-likeness (QED) is 0.751. The third-order valence-corrected chi connectivity index (χ3v) is 2.72. The molecule has 2 aromatic carbocycles. The minimum atomic E-state index is -2.96. The van der Waals surface area contributed by atoms with Crippen molar-refractivity contribution in [1.82, 2.24) is 0 Å². The summed E-state index contributed by atoms with van der Waals surface area (Å²) in [4.78, 5) is 11.4. The number of hydrogen-bond donors (Lipinski definition) is 0. The molecule has 1 nitrogen and oxygen atoms in total. The molecule has 2 rings (SSSR count). The lowest BCUT2D eigenvalue weighted by Crippen LogP contribution is -2.12. The van der Waals surface area contributed by atoms with Gasteiger partial charge in [-0.25, -0.2) is 8.78 Å². The number of alkyl halides is 2. The Hall–Kier alpha value is -2.03. The lowest BCUT2D eigenvalue weighted by Gasteiger charge is -2.08. The molecule has 0 unspecified atom stereocenters. The molecule has 0 bridgehead atoms. The first-order chi connectivity index (χ1) is 8.68. The van der Waals surface area contributed by atoms with Gasteiger partial charge >= 0.3 is 6.43 Å². The van der Waals surface area contributed by atoms with Crippen molar-refractivity contribution in [3.63, 3.8) is 0 Å². The summed E-state index contributed by atoms with van der Waals surface area (Å²) in [6, 6.07) is 16.0. The molecule has 0 N–H and O–H groups in total. The molecule has 0 spiro atoms. The second-order valence-electron chi connectivity index (χ2n) is 3.98. The summed E-state index contributed by atoms with van der Waals surface area (Å²) in [5.74, 6) is -1.11. The molecule has 0 amide bonds. The number of hydrogen-bond acceptors (Lipinski definition) is 1. The van der Waals surface area contributed by atoms with Gasteiger partial charge in [-0.2, -0.15) is 0 Å². The van der Waals surface area contributed by atoms with Crippen molar-refractivity contribution in [2.24, 2.45) is 0 Å². The maximum absolute atomic E-state index is 12.5. The Morgan fingerprint density at radius 2 is 1.56 bits per heavy atom. The van der Waals surface area contributed by atoms with E-state index in [1.54, 1.807) is 18.2 Å². The van der Waals surface area contributed by atoms with Gasteiger partial charge in [0.25, 0.3) is 0 Å². The smallest absolute Gasteiger partial charge is 0.288 e. The van der Waals surface area contributed by atoms with Gasteiger partial charge in [-0.05, 0) is 17.5 Å². The van der Waals surface area contributed by atoms with E-state index in [9.17, 15) is 13.6 Å². The van der Waals surface area contributed by atoms with Crippen LogP contribution in [0, 0.1) is 0 Å². The van der Waals surface area contributed by atoms with Gasteiger partial charge in [0.15, 0.2) is 0 Å². The summed E-state index contributed by atoms with van der Waals surface area (Å²) in [6.07, 6.45) is -2.47. The number of rotatable bonds is 4. The van der Waals surface area contributed by atoms with Crippen LogP contribution in [0.4, 0.5) is 8.78 Å². The van der Waals surface area contributed by atoms with Crippen LogP contribution in [0.2, 0.25) is 0 Å². The fraction of sp³-hybridized carbons (Fsp3) is 0.133. The van der Waals surface area contributed by atoms with Crippen LogP contribution in [0.25, 0.3) is 0 Å². The number of carbonyl (C=O) groups excluding carboxylic acids is 1. The highest BCUT2D eigenvalue weighted by Gasteiger charge is 2.20. The van der Waals surface area contributed by atoms with E-state index in [1.807, 2.05) is 30.3 Å². The van der Waals surface area contributed by atoms with E-state index < -0.39 is 12.2 Å². The zero-order valence-corrected chi connectivity index (χ0v) is 9.64. The first-order valence-corrected chi connectivity index (χ1v) is 5.62. The highest BCUT2D eigenvalue weighted by molar-refractivity contribution is 5.99. The van der Waals surface area contributed by atoms with Gasteiger partial charge in [-0.1, -0.05) is 54.6 Å². The van der Waals surface area contributed by atoms with Crippen molar-refractivity contribution >= 4 is 5.78 Å². The Labute approximate surface area is 104 Å². The van der Waals surface area contributed by atoms with Gasteiger partial charge in [0.1, 0.15) is 0 Å². The van der Waals surface area contributed by atoms with Crippen LogP contribution in [0.5, 0.6) is 0 Å². The van der Waals surface area contributed by atoms with E-state index in [0.717, 1.165) is 5.56 Å². The molecule has 0 aliphatic heterocycles. The van der Waals surface area contributed by atoms with E-state index in [0.29, 0.717) is 12.0 Å². The number of halogens is 2. The fourth-order valence-electron chi connectivity index (χ4n) is 1.85. The molecular weight excluding hydrogens is 234 g/mol. The predicted octanol–water partition coefficient (Wildman–Crippen LogP) is 3.73. The van der Waals surface area contributed by atoms with E-state index in [2.05, 4.69) is 0 Å². The van der Waals surface area contributed by atoms with Crippen LogP contribution < -0.4 is 0 Å².